The van der Waals surface area contributed by atoms with Crippen molar-refractivity contribution < 1.29 is 9.50 Å². The van der Waals surface area contributed by atoms with E-state index in [1.54, 1.807) is 23.9 Å². The predicted molar refractivity (Wildman–Crippen MR) is 83.0 cm³/mol. The molecule has 0 aliphatic carbocycles. The molecule has 0 bridgehead atoms. The highest BCUT2D eigenvalue weighted by atomic mass is 35.5. The lowest BCUT2D eigenvalue weighted by molar-refractivity contribution is 0.200. The minimum atomic E-state index is -0.555. The standard InChI is InChI=1S/C16H16ClFOS/c1-11-5-7-14(8-6-11)20-10-13(19)9-12-3-2-4-15(18)16(12)17/h2-8,13,19H,9-10H2,1H3. The fourth-order valence-electron chi connectivity index (χ4n) is 1.85. The molecule has 0 amide bonds. The van der Waals surface area contributed by atoms with Gasteiger partial charge in [0.25, 0.3) is 0 Å². The average Bonchev–Trinajstić information content (AvgIpc) is 2.43. The molecule has 2 rings (SSSR count). The van der Waals surface area contributed by atoms with Crippen LogP contribution in [0.25, 0.3) is 0 Å². The Morgan fingerprint density at radius 2 is 1.90 bits per heavy atom. The number of thioether (sulfide) groups is 1. The van der Waals surface area contributed by atoms with Crippen molar-refractivity contribution >= 4 is 23.4 Å². The van der Waals surface area contributed by atoms with Gasteiger partial charge in [-0.25, -0.2) is 4.39 Å². The highest BCUT2D eigenvalue weighted by Crippen LogP contribution is 2.24. The molecule has 0 saturated carbocycles. The molecule has 4 heteroatoms. The number of aliphatic hydroxyl groups excluding tert-OH is 1. The molecule has 1 nitrogen and oxygen atoms in total. The summed E-state index contributed by atoms with van der Waals surface area (Å²) >= 11 is 7.46. The van der Waals surface area contributed by atoms with Gasteiger partial charge in [-0.2, -0.15) is 0 Å². The molecule has 0 saturated heterocycles. The largest absolute Gasteiger partial charge is 0.392 e. The molecule has 0 aliphatic rings. The van der Waals surface area contributed by atoms with Gasteiger partial charge < -0.3 is 5.11 Å². The van der Waals surface area contributed by atoms with E-state index >= 15 is 0 Å². The van der Waals surface area contributed by atoms with Crippen LogP contribution in [0, 0.1) is 12.7 Å². The van der Waals surface area contributed by atoms with Crippen LogP contribution in [0.15, 0.2) is 47.4 Å². The third kappa shape index (κ3) is 4.23. The first-order chi connectivity index (χ1) is 9.56. The van der Waals surface area contributed by atoms with Crippen molar-refractivity contribution in [3.05, 3.63) is 64.4 Å². The Balaban J connectivity index is 1.91. The summed E-state index contributed by atoms with van der Waals surface area (Å²) in [6.07, 6.45) is -0.198. The maximum absolute atomic E-state index is 13.3. The summed E-state index contributed by atoms with van der Waals surface area (Å²) in [6, 6.07) is 12.8. The lowest BCUT2D eigenvalue weighted by Gasteiger charge is -2.12. The lowest BCUT2D eigenvalue weighted by Crippen LogP contribution is -2.14. The molecule has 1 unspecified atom stereocenters. The molecule has 2 aromatic rings. The van der Waals surface area contributed by atoms with E-state index in [0.717, 1.165) is 4.90 Å². The predicted octanol–water partition coefficient (Wildman–Crippen LogP) is 4.48. The van der Waals surface area contributed by atoms with Crippen LogP contribution in [-0.4, -0.2) is 17.0 Å². The summed E-state index contributed by atoms with van der Waals surface area (Å²) < 4.78 is 13.3. The van der Waals surface area contributed by atoms with E-state index in [1.165, 1.54) is 11.6 Å². The summed E-state index contributed by atoms with van der Waals surface area (Å²) in [5, 5.41) is 10.1. The van der Waals surface area contributed by atoms with Crippen molar-refractivity contribution in [3.8, 4) is 0 Å². The summed E-state index contributed by atoms with van der Waals surface area (Å²) in [5.74, 6) is 0.109. The van der Waals surface area contributed by atoms with Crippen LogP contribution >= 0.6 is 23.4 Å². The highest BCUT2D eigenvalue weighted by Gasteiger charge is 2.11. The Kier molecular flexibility index (Phi) is 5.46. The smallest absolute Gasteiger partial charge is 0.142 e. The molecule has 106 valence electrons. The zero-order valence-electron chi connectivity index (χ0n) is 11.1. The first-order valence-electron chi connectivity index (χ1n) is 6.36. The van der Waals surface area contributed by atoms with E-state index in [0.29, 0.717) is 17.7 Å². The maximum Gasteiger partial charge on any atom is 0.142 e. The van der Waals surface area contributed by atoms with Crippen molar-refractivity contribution in [3.63, 3.8) is 0 Å². The Labute approximate surface area is 127 Å². The van der Waals surface area contributed by atoms with Crippen LogP contribution in [0.4, 0.5) is 4.39 Å². The normalized spacial score (nSPS) is 12.4. The monoisotopic (exact) mass is 310 g/mol. The van der Waals surface area contributed by atoms with Crippen molar-refractivity contribution in [1.29, 1.82) is 0 Å². The van der Waals surface area contributed by atoms with E-state index in [9.17, 15) is 9.50 Å². The Hall–Kier alpha value is -1.03. The van der Waals surface area contributed by atoms with Gasteiger partial charge >= 0.3 is 0 Å². The van der Waals surface area contributed by atoms with Crippen LogP contribution in [0.5, 0.6) is 0 Å². The van der Waals surface area contributed by atoms with E-state index in [1.807, 2.05) is 31.2 Å². The van der Waals surface area contributed by atoms with Gasteiger partial charge in [-0.3, -0.25) is 0 Å². The van der Waals surface area contributed by atoms with Gasteiger partial charge in [0.05, 0.1) is 11.1 Å². The third-order valence-corrected chi connectivity index (χ3v) is 4.53. The van der Waals surface area contributed by atoms with Gasteiger partial charge in [0.15, 0.2) is 0 Å². The number of hydrogen-bond acceptors (Lipinski definition) is 2. The van der Waals surface area contributed by atoms with Crippen LogP contribution in [-0.2, 0) is 6.42 Å². The Bertz CT molecular complexity index is 571. The van der Waals surface area contributed by atoms with Gasteiger partial charge in [-0.1, -0.05) is 41.4 Å². The molecule has 0 aromatic heterocycles. The van der Waals surface area contributed by atoms with E-state index < -0.39 is 11.9 Å². The first-order valence-corrected chi connectivity index (χ1v) is 7.73. The van der Waals surface area contributed by atoms with Crippen LogP contribution in [0.3, 0.4) is 0 Å². The van der Waals surface area contributed by atoms with Gasteiger partial charge in [0, 0.05) is 17.1 Å². The molecule has 0 radical (unpaired) electrons. The van der Waals surface area contributed by atoms with Gasteiger partial charge in [-0.05, 0) is 30.7 Å². The molecule has 0 spiro atoms. The zero-order valence-corrected chi connectivity index (χ0v) is 12.7. The third-order valence-electron chi connectivity index (χ3n) is 2.95. The van der Waals surface area contributed by atoms with Gasteiger partial charge in [0.1, 0.15) is 5.82 Å². The minimum Gasteiger partial charge on any atom is -0.392 e. The SMILES string of the molecule is Cc1ccc(SCC(O)Cc2cccc(F)c2Cl)cc1. The number of aryl methyl sites for hydroxylation is 1. The van der Waals surface area contributed by atoms with E-state index in [4.69, 9.17) is 11.6 Å². The fraction of sp³-hybridized carbons (Fsp3) is 0.250. The quantitative estimate of drug-likeness (QED) is 0.822. The molecular formula is C16H16ClFOS. The minimum absolute atomic E-state index is 0.104. The zero-order chi connectivity index (χ0) is 14.5. The highest BCUT2D eigenvalue weighted by molar-refractivity contribution is 7.99. The number of halogens is 2. The molecule has 20 heavy (non-hydrogen) atoms. The van der Waals surface area contributed by atoms with Gasteiger partial charge in [-0.15, -0.1) is 11.8 Å². The van der Waals surface area contributed by atoms with Crippen molar-refractivity contribution in [2.75, 3.05) is 5.75 Å². The topological polar surface area (TPSA) is 20.2 Å². The van der Waals surface area contributed by atoms with Crippen LogP contribution in [0.2, 0.25) is 5.02 Å². The number of rotatable bonds is 5. The number of benzene rings is 2. The Morgan fingerprint density at radius 3 is 2.60 bits per heavy atom. The molecular weight excluding hydrogens is 295 g/mol. The lowest BCUT2D eigenvalue weighted by atomic mass is 10.1. The van der Waals surface area contributed by atoms with Gasteiger partial charge in [0.2, 0.25) is 0 Å². The molecule has 1 atom stereocenters. The molecule has 0 fully saturated rings. The second-order valence-electron chi connectivity index (χ2n) is 4.69. The first kappa shape index (κ1) is 15.4. The van der Waals surface area contributed by atoms with E-state index in [2.05, 4.69) is 0 Å². The maximum atomic E-state index is 13.3. The second-order valence-corrected chi connectivity index (χ2v) is 6.17. The summed E-state index contributed by atoms with van der Waals surface area (Å²) in [6.45, 7) is 2.04. The Morgan fingerprint density at radius 1 is 1.20 bits per heavy atom. The summed E-state index contributed by atoms with van der Waals surface area (Å²) in [5.41, 5.74) is 1.85. The second kappa shape index (κ2) is 7.11. The van der Waals surface area contributed by atoms with Crippen molar-refractivity contribution in [2.24, 2.45) is 0 Å². The van der Waals surface area contributed by atoms with Crippen LogP contribution < -0.4 is 0 Å². The van der Waals surface area contributed by atoms with E-state index in [-0.39, 0.29) is 5.02 Å². The summed E-state index contributed by atoms with van der Waals surface area (Å²) in [4.78, 5) is 1.11. The van der Waals surface area contributed by atoms with Crippen LogP contribution in [0.1, 0.15) is 11.1 Å². The average molecular weight is 311 g/mol. The molecule has 2 aromatic carbocycles. The molecule has 1 N–H and O–H groups in total. The van der Waals surface area contributed by atoms with Crippen molar-refractivity contribution in [1.82, 2.24) is 0 Å². The van der Waals surface area contributed by atoms with Crippen molar-refractivity contribution in [2.45, 2.75) is 24.3 Å². The fourth-order valence-corrected chi connectivity index (χ4v) is 2.88. The molecule has 0 heterocycles. The number of aliphatic hydroxyl groups is 1. The molecule has 0 aliphatic heterocycles. The number of hydrogen-bond donors (Lipinski definition) is 1. The summed E-state index contributed by atoms with van der Waals surface area (Å²) in [7, 11) is 0.